The number of benzene rings is 2. The average molecular weight is 319 g/mol. The summed E-state index contributed by atoms with van der Waals surface area (Å²) < 4.78 is 27.4. The summed E-state index contributed by atoms with van der Waals surface area (Å²) in [5.74, 6) is 0.347. The van der Waals surface area contributed by atoms with Crippen LogP contribution in [0.3, 0.4) is 0 Å². The van der Waals surface area contributed by atoms with Crippen LogP contribution in [0.5, 0.6) is 0 Å². The second-order valence-electron chi connectivity index (χ2n) is 5.49. The molecule has 4 nitrogen and oxygen atoms in total. The van der Waals surface area contributed by atoms with E-state index in [9.17, 15) is 13.5 Å². The number of hydrogen-bond donors (Lipinski definition) is 2. The van der Waals surface area contributed by atoms with Gasteiger partial charge in [-0.1, -0.05) is 56.3 Å². The molecule has 0 amide bonds. The van der Waals surface area contributed by atoms with Crippen molar-refractivity contribution in [1.82, 2.24) is 4.72 Å². The molecule has 0 saturated heterocycles. The SMILES string of the molecule is CC(C)c1ccc(S(=O)(=O)NC(CO)c2ccccc2)cc1. The van der Waals surface area contributed by atoms with Gasteiger partial charge in [0.05, 0.1) is 17.5 Å². The summed E-state index contributed by atoms with van der Waals surface area (Å²) in [6, 6.07) is 15.2. The van der Waals surface area contributed by atoms with E-state index in [0.29, 0.717) is 5.92 Å². The molecule has 0 bridgehead atoms. The Bertz CT molecular complexity index is 694. The van der Waals surface area contributed by atoms with Crippen LogP contribution in [0.25, 0.3) is 0 Å². The lowest BCUT2D eigenvalue weighted by Gasteiger charge is -2.17. The van der Waals surface area contributed by atoms with Gasteiger partial charge in [0.15, 0.2) is 0 Å². The van der Waals surface area contributed by atoms with E-state index in [-0.39, 0.29) is 11.5 Å². The van der Waals surface area contributed by atoms with Gasteiger partial charge in [-0.15, -0.1) is 0 Å². The van der Waals surface area contributed by atoms with Crippen LogP contribution >= 0.6 is 0 Å². The number of nitrogens with one attached hydrogen (secondary N) is 1. The third kappa shape index (κ3) is 3.94. The zero-order valence-corrected chi connectivity index (χ0v) is 13.5. The summed E-state index contributed by atoms with van der Waals surface area (Å²) in [6.45, 7) is 3.81. The zero-order valence-electron chi connectivity index (χ0n) is 12.7. The molecule has 0 saturated carbocycles. The molecule has 0 aliphatic heterocycles. The molecular formula is C17H21NO3S. The second kappa shape index (κ2) is 7.05. The number of aliphatic hydroxyl groups is 1. The first-order chi connectivity index (χ1) is 10.4. The van der Waals surface area contributed by atoms with E-state index in [4.69, 9.17) is 0 Å². The van der Waals surface area contributed by atoms with Gasteiger partial charge >= 0.3 is 0 Å². The third-order valence-corrected chi connectivity index (χ3v) is 5.03. The summed E-state index contributed by atoms with van der Waals surface area (Å²) in [5, 5.41) is 9.48. The van der Waals surface area contributed by atoms with Crippen molar-refractivity contribution >= 4 is 10.0 Å². The number of sulfonamides is 1. The molecule has 5 heteroatoms. The van der Waals surface area contributed by atoms with Crippen LogP contribution in [0, 0.1) is 0 Å². The summed E-state index contributed by atoms with van der Waals surface area (Å²) in [7, 11) is -3.67. The minimum Gasteiger partial charge on any atom is -0.394 e. The van der Waals surface area contributed by atoms with Gasteiger partial charge in [-0.05, 0) is 29.2 Å². The normalized spacial score (nSPS) is 13.3. The average Bonchev–Trinajstić information content (AvgIpc) is 2.53. The molecule has 22 heavy (non-hydrogen) atoms. The topological polar surface area (TPSA) is 66.4 Å². The van der Waals surface area contributed by atoms with Crippen molar-refractivity contribution in [2.24, 2.45) is 0 Å². The lowest BCUT2D eigenvalue weighted by molar-refractivity contribution is 0.259. The maximum absolute atomic E-state index is 12.4. The van der Waals surface area contributed by atoms with Crippen LogP contribution in [0.15, 0.2) is 59.5 Å². The Kier molecular flexibility index (Phi) is 5.34. The Labute approximate surface area is 131 Å². The number of aliphatic hydroxyl groups excluding tert-OH is 1. The van der Waals surface area contributed by atoms with E-state index in [0.717, 1.165) is 11.1 Å². The Hall–Kier alpha value is -1.69. The fourth-order valence-corrected chi connectivity index (χ4v) is 3.40. The van der Waals surface area contributed by atoms with Gasteiger partial charge in [-0.2, -0.15) is 0 Å². The quantitative estimate of drug-likeness (QED) is 0.860. The predicted octanol–water partition coefficient (Wildman–Crippen LogP) is 2.82. The summed E-state index contributed by atoms with van der Waals surface area (Å²) in [6.07, 6.45) is 0. The molecule has 118 valence electrons. The highest BCUT2D eigenvalue weighted by atomic mass is 32.2. The Morgan fingerprint density at radius 3 is 2.05 bits per heavy atom. The second-order valence-corrected chi connectivity index (χ2v) is 7.20. The molecule has 0 aliphatic carbocycles. The van der Waals surface area contributed by atoms with Gasteiger partial charge in [-0.3, -0.25) is 0 Å². The molecule has 2 rings (SSSR count). The minimum atomic E-state index is -3.67. The smallest absolute Gasteiger partial charge is 0.241 e. The van der Waals surface area contributed by atoms with Gasteiger partial charge in [-0.25, -0.2) is 13.1 Å². The minimum absolute atomic E-state index is 0.200. The molecule has 1 atom stereocenters. The first kappa shape index (κ1) is 16.7. The summed E-state index contributed by atoms with van der Waals surface area (Å²) in [5.41, 5.74) is 1.81. The van der Waals surface area contributed by atoms with Crippen molar-refractivity contribution in [3.05, 3.63) is 65.7 Å². The lowest BCUT2D eigenvalue weighted by Crippen LogP contribution is -2.30. The molecular weight excluding hydrogens is 298 g/mol. The first-order valence-electron chi connectivity index (χ1n) is 7.22. The predicted molar refractivity (Wildman–Crippen MR) is 87.1 cm³/mol. The highest BCUT2D eigenvalue weighted by Gasteiger charge is 2.20. The molecule has 2 aromatic carbocycles. The van der Waals surface area contributed by atoms with Gasteiger partial charge in [0.2, 0.25) is 10.0 Å². The fourth-order valence-electron chi connectivity index (χ4n) is 2.18. The van der Waals surface area contributed by atoms with Crippen molar-refractivity contribution in [2.45, 2.75) is 30.7 Å². The molecule has 1 unspecified atom stereocenters. The molecule has 0 aliphatic rings. The Morgan fingerprint density at radius 2 is 1.55 bits per heavy atom. The molecule has 2 aromatic rings. The van der Waals surface area contributed by atoms with Crippen LogP contribution in [0.4, 0.5) is 0 Å². The van der Waals surface area contributed by atoms with Crippen LogP contribution in [0.2, 0.25) is 0 Å². The van der Waals surface area contributed by atoms with Gasteiger partial charge in [0.25, 0.3) is 0 Å². The van der Waals surface area contributed by atoms with Crippen molar-refractivity contribution in [3.63, 3.8) is 0 Å². The van der Waals surface area contributed by atoms with Crippen LogP contribution < -0.4 is 4.72 Å². The molecule has 0 heterocycles. The van der Waals surface area contributed by atoms with Crippen LogP contribution in [-0.4, -0.2) is 20.1 Å². The number of rotatable bonds is 6. The van der Waals surface area contributed by atoms with Gasteiger partial charge < -0.3 is 5.11 Å². The van der Waals surface area contributed by atoms with Crippen molar-refractivity contribution < 1.29 is 13.5 Å². The van der Waals surface area contributed by atoms with E-state index < -0.39 is 16.1 Å². The Morgan fingerprint density at radius 1 is 0.955 bits per heavy atom. The molecule has 0 fully saturated rings. The van der Waals surface area contributed by atoms with Crippen molar-refractivity contribution in [1.29, 1.82) is 0 Å². The molecule has 2 N–H and O–H groups in total. The highest BCUT2D eigenvalue weighted by molar-refractivity contribution is 7.89. The maximum Gasteiger partial charge on any atom is 0.241 e. The zero-order chi connectivity index (χ0) is 16.2. The van der Waals surface area contributed by atoms with Gasteiger partial charge in [0.1, 0.15) is 0 Å². The standard InChI is InChI=1S/C17H21NO3S/c1-13(2)14-8-10-16(11-9-14)22(20,21)18-17(12-19)15-6-4-3-5-7-15/h3-11,13,17-19H,12H2,1-2H3. The first-order valence-corrected chi connectivity index (χ1v) is 8.70. The monoisotopic (exact) mass is 319 g/mol. The third-order valence-electron chi connectivity index (χ3n) is 3.54. The highest BCUT2D eigenvalue weighted by Crippen LogP contribution is 2.20. The maximum atomic E-state index is 12.4. The molecule has 0 radical (unpaired) electrons. The number of hydrogen-bond acceptors (Lipinski definition) is 3. The lowest BCUT2D eigenvalue weighted by atomic mass is 10.0. The Balaban J connectivity index is 2.22. The fraction of sp³-hybridized carbons (Fsp3) is 0.294. The van der Waals surface area contributed by atoms with E-state index in [1.807, 2.05) is 30.3 Å². The van der Waals surface area contributed by atoms with Crippen LogP contribution in [0.1, 0.15) is 36.9 Å². The van der Waals surface area contributed by atoms with E-state index in [2.05, 4.69) is 18.6 Å². The van der Waals surface area contributed by atoms with E-state index >= 15 is 0 Å². The van der Waals surface area contributed by atoms with Crippen LogP contribution in [-0.2, 0) is 10.0 Å². The molecule has 0 spiro atoms. The van der Waals surface area contributed by atoms with Crippen molar-refractivity contribution in [3.8, 4) is 0 Å². The summed E-state index contributed by atoms with van der Waals surface area (Å²) >= 11 is 0. The summed E-state index contributed by atoms with van der Waals surface area (Å²) in [4.78, 5) is 0.200. The van der Waals surface area contributed by atoms with Crippen molar-refractivity contribution in [2.75, 3.05) is 6.61 Å². The van der Waals surface area contributed by atoms with E-state index in [1.165, 1.54) is 0 Å². The van der Waals surface area contributed by atoms with Gasteiger partial charge in [0, 0.05) is 0 Å². The largest absolute Gasteiger partial charge is 0.394 e. The van der Waals surface area contributed by atoms with E-state index in [1.54, 1.807) is 24.3 Å². The molecule has 0 aromatic heterocycles.